The van der Waals surface area contributed by atoms with E-state index in [4.69, 9.17) is 27.9 Å². The maximum absolute atomic E-state index is 12.2. The smallest absolute Gasteiger partial charge is 0.260 e. The number of nitrogens with one attached hydrogen (secondary N) is 1. The Morgan fingerprint density at radius 2 is 2.10 bits per heavy atom. The molecule has 0 fully saturated rings. The zero-order chi connectivity index (χ0) is 14.7. The minimum atomic E-state index is -0.402. The summed E-state index contributed by atoms with van der Waals surface area (Å²) in [7, 11) is 1.43. The summed E-state index contributed by atoms with van der Waals surface area (Å²) in [6, 6.07) is 6.43. The van der Waals surface area contributed by atoms with Crippen molar-refractivity contribution in [2.75, 3.05) is 12.4 Å². The Kier molecular flexibility index (Phi) is 4.86. The molecule has 0 saturated carbocycles. The van der Waals surface area contributed by atoms with Crippen LogP contribution in [0.4, 0.5) is 5.82 Å². The van der Waals surface area contributed by atoms with Crippen LogP contribution in [-0.2, 0) is 0 Å². The highest BCUT2D eigenvalue weighted by Crippen LogP contribution is 2.32. The second kappa shape index (κ2) is 6.43. The summed E-state index contributed by atoms with van der Waals surface area (Å²) in [6.07, 6.45) is 1.58. The van der Waals surface area contributed by atoms with Gasteiger partial charge in [-0.15, -0.1) is 0 Å². The zero-order valence-corrected chi connectivity index (χ0v) is 13.4. The number of hydrogen-bond acceptors (Lipinski definition) is 3. The van der Waals surface area contributed by atoms with Crippen LogP contribution in [-0.4, -0.2) is 18.0 Å². The van der Waals surface area contributed by atoms with Crippen LogP contribution in [0.25, 0.3) is 0 Å². The van der Waals surface area contributed by atoms with Gasteiger partial charge in [-0.05, 0) is 40.2 Å². The molecule has 0 aliphatic carbocycles. The predicted molar refractivity (Wildman–Crippen MR) is 82.9 cm³/mol. The standard InChI is InChI=1S/C13H9BrCl2N2O2/c1-20-12-9(4-8(15)5-10(12)16)13(19)18-11-3-2-7(14)6-17-11/h2-6H,1H3,(H,17,18,19). The summed E-state index contributed by atoms with van der Waals surface area (Å²) in [6.45, 7) is 0. The maximum Gasteiger partial charge on any atom is 0.260 e. The second-order valence-corrected chi connectivity index (χ2v) is 5.54. The predicted octanol–water partition coefficient (Wildman–Crippen LogP) is 4.41. The van der Waals surface area contributed by atoms with E-state index < -0.39 is 5.91 Å². The summed E-state index contributed by atoms with van der Waals surface area (Å²) in [5, 5.41) is 3.27. The molecule has 1 N–H and O–H groups in total. The van der Waals surface area contributed by atoms with Crippen LogP contribution in [0.5, 0.6) is 5.75 Å². The summed E-state index contributed by atoms with van der Waals surface area (Å²) >= 11 is 15.2. The molecule has 1 aromatic heterocycles. The summed E-state index contributed by atoms with van der Waals surface area (Å²) < 4.78 is 5.95. The topological polar surface area (TPSA) is 51.2 Å². The molecule has 0 saturated heterocycles. The Bertz CT molecular complexity index is 648. The van der Waals surface area contributed by atoms with Crippen molar-refractivity contribution >= 4 is 50.9 Å². The Morgan fingerprint density at radius 1 is 1.35 bits per heavy atom. The second-order valence-electron chi connectivity index (χ2n) is 3.78. The van der Waals surface area contributed by atoms with E-state index in [1.165, 1.54) is 19.2 Å². The maximum atomic E-state index is 12.2. The fraction of sp³-hybridized carbons (Fsp3) is 0.0769. The molecule has 0 bridgehead atoms. The number of halogens is 3. The number of carbonyl (C=O) groups excluding carboxylic acids is 1. The number of hydrogen-bond donors (Lipinski definition) is 1. The molecular formula is C13H9BrCl2N2O2. The van der Waals surface area contributed by atoms with Crippen molar-refractivity contribution in [1.29, 1.82) is 0 Å². The molecule has 0 aliphatic rings. The van der Waals surface area contributed by atoms with Gasteiger partial charge < -0.3 is 10.1 Å². The monoisotopic (exact) mass is 374 g/mol. The third-order valence-corrected chi connectivity index (χ3v) is 3.39. The first-order valence-electron chi connectivity index (χ1n) is 5.47. The van der Waals surface area contributed by atoms with Gasteiger partial charge in [0.25, 0.3) is 5.91 Å². The number of benzene rings is 1. The molecule has 1 heterocycles. The molecule has 20 heavy (non-hydrogen) atoms. The Labute approximate surface area is 134 Å². The van der Waals surface area contributed by atoms with Gasteiger partial charge >= 0.3 is 0 Å². The van der Waals surface area contributed by atoms with Crippen molar-refractivity contribution < 1.29 is 9.53 Å². The Balaban J connectivity index is 2.31. The minimum absolute atomic E-state index is 0.245. The van der Waals surface area contributed by atoms with Crippen LogP contribution in [0.3, 0.4) is 0 Å². The summed E-state index contributed by atoms with van der Waals surface area (Å²) in [4.78, 5) is 16.3. The van der Waals surface area contributed by atoms with E-state index in [9.17, 15) is 4.79 Å². The first-order chi connectivity index (χ1) is 9.51. The summed E-state index contributed by atoms with van der Waals surface area (Å²) in [5.41, 5.74) is 0.245. The van der Waals surface area contributed by atoms with E-state index in [0.717, 1.165) is 4.47 Å². The summed E-state index contributed by atoms with van der Waals surface area (Å²) in [5.74, 6) is 0.281. The number of amides is 1. The third kappa shape index (κ3) is 3.42. The lowest BCUT2D eigenvalue weighted by Crippen LogP contribution is -2.14. The quantitative estimate of drug-likeness (QED) is 0.864. The molecule has 0 unspecified atom stereocenters. The van der Waals surface area contributed by atoms with Crippen LogP contribution >= 0.6 is 39.1 Å². The highest BCUT2D eigenvalue weighted by Gasteiger charge is 2.17. The van der Waals surface area contributed by atoms with Crippen LogP contribution in [0.1, 0.15) is 10.4 Å². The van der Waals surface area contributed by atoms with Gasteiger partial charge in [-0.25, -0.2) is 4.98 Å². The number of pyridine rings is 1. The fourth-order valence-corrected chi connectivity index (χ4v) is 2.38. The average Bonchev–Trinajstić information content (AvgIpc) is 2.40. The van der Waals surface area contributed by atoms with Crippen molar-refractivity contribution in [1.82, 2.24) is 4.98 Å². The van der Waals surface area contributed by atoms with Gasteiger partial charge in [-0.2, -0.15) is 0 Å². The molecule has 2 rings (SSSR count). The van der Waals surface area contributed by atoms with E-state index in [1.54, 1.807) is 18.3 Å². The third-order valence-electron chi connectivity index (χ3n) is 2.43. The largest absolute Gasteiger partial charge is 0.494 e. The van der Waals surface area contributed by atoms with Crippen molar-refractivity contribution in [3.8, 4) is 5.75 Å². The van der Waals surface area contributed by atoms with E-state index in [2.05, 4.69) is 26.2 Å². The van der Waals surface area contributed by atoms with E-state index in [-0.39, 0.29) is 16.3 Å². The lowest BCUT2D eigenvalue weighted by atomic mass is 10.2. The highest BCUT2D eigenvalue weighted by atomic mass is 79.9. The van der Waals surface area contributed by atoms with Gasteiger partial charge in [0, 0.05) is 15.7 Å². The zero-order valence-electron chi connectivity index (χ0n) is 10.3. The number of methoxy groups -OCH3 is 1. The molecule has 0 spiro atoms. The van der Waals surface area contributed by atoms with Gasteiger partial charge in [0.2, 0.25) is 0 Å². The van der Waals surface area contributed by atoms with Gasteiger partial charge in [0.05, 0.1) is 17.7 Å². The molecule has 0 atom stereocenters. The van der Waals surface area contributed by atoms with E-state index >= 15 is 0 Å². The number of nitrogens with zero attached hydrogens (tertiary/aromatic N) is 1. The number of carbonyl (C=O) groups is 1. The first-order valence-corrected chi connectivity index (χ1v) is 7.02. The lowest BCUT2D eigenvalue weighted by molar-refractivity contribution is 0.102. The fourth-order valence-electron chi connectivity index (χ4n) is 1.57. The number of ether oxygens (including phenoxy) is 1. The normalized spacial score (nSPS) is 10.2. The van der Waals surface area contributed by atoms with Gasteiger partial charge in [0.15, 0.2) is 0 Å². The SMILES string of the molecule is COc1c(Cl)cc(Cl)cc1C(=O)Nc1ccc(Br)cn1. The van der Waals surface area contributed by atoms with Crippen LogP contribution in [0.15, 0.2) is 34.9 Å². The van der Waals surface area contributed by atoms with Crippen molar-refractivity contribution in [3.63, 3.8) is 0 Å². The van der Waals surface area contributed by atoms with Crippen molar-refractivity contribution in [3.05, 3.63) is 50.5 Å². The van der Waals surface area contributed by atoms with Crippen molar-refractivity contribution in [2.24, 2.45) is 0 Å². The van der Waals surface area contributed by atoms with Crippen molar-refractivity contribution in [2.45, 2.75) is 0 Å². The minimum Gasteiger partial charge on any atom is -0.494 e. The molecule has 0 aliphatic heterocycles. The highest BCUT2D eigenvalue weighted by molar-refractivity contribution is 9.10. The average molecular weight is 376 g/mol. The molecule has 104 valence electrons. The Morgan fingerprint density at radius 3 is 2.70 bits per heavy atom. The van der Waals surface area contributed by atoms with Crippen LogP contribution in [0, 0.1) is 0 Å². The first kappa shape index (κ1) is 15.1. The molecule has 0 radical (unpaired) electrons. The molecule has 7 heteroatoms. The van der Waals surface area contributed by atoms with Gasteiger partial charge in [-0.1, -0.05) is 23.2 Å². The Hall–Kier alpha value is -1.30. The number of aromatic nitrogens is 1. The number of rotatable bonds is 3. The molecular weight excluding hydrogens is 367 g/mol. The van der Waals surface area contributed by atoms with Crippen LogP contribution < -0.4 is 10.1 Å². The molecule has 2 aromatic rings. The molecule has 1 aromatic carbocycles. The van der Waals surface area contributed by atoms with E-state index in [1.807, 2.05) is 0 Å². The van der Waals surface area contributed by atoms with Gasteiger partial charge in [0.1, 0.15) is 11.6 Å². The molecule has 4 nitrogen and oxygen atoms in total. The van der Waals surface area contributed by atoms with E-state index in [0.29, 0.717) is 10.8 Å². The lowest BCUT2D eigenvalue weighted by Gasteiger charge is -2.11. The van der Waals surface area contributed by atoms with Crippen LogP contribution in [0.2, 0.25) is 10.0 Å². The van der Waals surface area contributed by atoms with Gasteiger partial charge in [-0.3, -0.25) is 4.79 Å². The molecule has 1 amide bonds. The number of anilines is 1.